The van der Waals surface area contributed by atoms with Crippen molar-refractivity contribution in [3.8, 4) is 5.69 Å². The molecule has 0 aliphatic heterocycles. The number of fused-ring (bicyclic) bond motifs is 1. The lowest BCUT2D eigenvalue weighted by atomic mass is 10.3. The Bertz CT molecular complexity index is 788. The Hall–Kier alpha value is -2.85. The molecule has 5 nitrogen and oxygen atoms in total. The van der Waals surface area contributed by atoms with Crippen LogP contribution in [0, 0.1) is 5.82 Å². The average Bonchev–Trinajstić information content (AvgIpc) is 2.83. The maximum Gasteiger partial charge on any atom is 0.240 e. The molecule has 0 aliphatic carbocycles. The van der Waals surface area contributed by atoms with Crippen molar-refractivity contribution in [1.82, 2.24) is 15.0 Å². The summed E-state index contributed by atoms with van der Waals surface area (Å²) in [5.74, 6) is -0.317. The Morgan fingerprint density at radius 2 is 1.79 bits per heavy atom. The van der Waals surface area contributed by atoms with Crippen molar-refractivity contribution < 1.29 is 9.18 Å². The molecule has 0 spiro atoms. The summed E-state index contributed by atoms with van der Waals surface area (Å²) in [7, 11) is 0. The van der Waals surface area contributed by atoms with Crippen molar-refractivity contribution in [2.45, 2.75) is 0 Å². The molecule has 19 heavy (non-hydrogen) atoms. The molecular formula is C13H7FN4O. The van der Waals surface area contributed by atoms with Crippen LogP contribution < -0.4 is 0 Å². The first-order valence-electron chi connectivity index (χ1n) is 5.47. The van der Waals surface area contributed by atoms with Crippen molar-refractivity contribution in [3.63, 3.8) is 0 Å². The van der Waals surface area contributed by atoms with Gasteiger partial charge in [-0.3, -0.25) is 0 Å². The highest BCUT2D eigenvalue weighted by Gasteiger charge is 2.05. The number of hydrogen-bond donors (Lipinski definition) is 0. The summed E-state index contributed by atoms with van der Waals surface area (Å²) >= 11 is 0. The molecule has 0 saturated heterocycles. The van der Waals surface area contributed by atoms with E-state index >= 15 is 0 Å². The van der Waals surface area contributed by atoms with Crippen LogP contribution in [0.2, 0.25) is 0 Å². The summed E-state index contributed by atoms with van der Waals surface area (Å²) in [5, 5.41) is 8.51. The van der Waals surface area contributed by atoms with Gasteiger partial charge >= 0.3 is 0 Å². The Labute approximate surface area is 107 Å². The second kappa shape index (κ2) is 4.44. The van der Waals surface area contributed by atoms with Crippen molar-refractivity contribution in [1.29, 1.82) is 0 Å². The predicted molar refractivity (Wildman–Crippen MR) is 66.6 cm³/mol. The summed E-state index contributed by atoms with van der Waals surface area (Å²) in [5.41, 5.74) is 2.38. The molecule has 0 atom stereocenters. The minimum absolute atomic E-state index is 0.317. The Balaban J connectivity index is 2.10. The zero-order chi connectivity index (χ0) is 13.2. The van der Waals surface area contributed by atoms with Gasteiger partial charge in [0.05, 0.1) is 11.4 Å². The number of benzene rings is 2. The number of aliphatic imine (C=N–C) groups is 1. The van der Waals surface area contributed by atoms with Crippen molar-refractivity contribution in [2.75, 3.05) is 0 Å². The van der Waals surface area contributed by atoms with Gasteiger partial charge in [0.25, 0.3) is 0 Å². The molecule has 0 unspecified atom stereocenters. The van der Waals surface area contributed by atoms with Gasteiger partial charge in [0.15, 0.2) is 0 Å². The van der Waals surface area contributed by atoms with Crippen molar-refractivity contribution >= 4 is 22.8 Å². The molecule has 0 amide bonds. The van der Waals surface area contributed by atoms with E-state index in [0.717, 1.165) is 0 Å². The molecule has 6 heteroatoms. The van der Waals surface area contributed by atoms with Gasteiger partial charge in [0.1, 0.15) is 16.9 Å². The summed E-state index contributed by atoms with van der Waals surface area (Å²) in [6.45, 7) is 0. The molecule has 92 valence electrons. The molecule has 0 aliphatic rings. The SMILES string of the molecule is O=C=Nc1ccc2nn(-c3ccc(F)cc3)nc2c1. The van der Waals surface area contributed by atoms with E-state index in [1.165, 1.54) is 23.0 Å². The van der Waals surface area contributed by atoms with Crippen LogP contribution in [0.4, 0.5) is 10.1 Å². The lowest BCUT2D eigenvalue weighted by molar-refractivity contribution is 0.565. The van der Waals surface area contributed by atoms with Crippen LogP contribution in [-0.4, -0.2) is 21.1 Å². The predicted octanol–water partition coefficient (Wildman–Crippen LogP) is 2.53. The first kappa shape index (κ1) is 11.3. The molecule has 3 rings (SSSR count). The third-order valence-electron chi connectivity index (χ3n) is 2.60. The van der Waals surface area contributed by atoms with Crippen LogP contribution in [0.1, 0.15) is 0 Å². The second-order valence-electron chi connectivity index (χ2n) is 3.84. The Kier molecular flexibility index (Phi) is 2.63. The van der Waals surface area contributed by atoms with Crippen LogP contribution in [0.5, 0.6) is 0 Å². The molecule has 0 saturated carbocycles. The Morgan fingerprint density at radius 1 is 1.05 bits per heavy atom. The number of isocyanates is 1. The fraction of sp³-hybridized carbons (Fsp3) is 0. The van der Waals surface area contributed by atoms with Crippen LogP contribution in [0.3, 0.4) is 0 Å². The van der Waals surface area contributed by atoms with Gasteiger partial charge in [-0.15, -0.1) is 10.2 Å². The van der Waals surface area contributed by atoms with E-state index in [4.69, 9.17) is 0 Å². The topological polar surface area (TPSA) is 60.1 Å². The van der Waals surface area contributed by atoms with Crippen LogP contribution in [0.15, 0.2) is 47.5 Å². The van der Waals surface area contributed by atoms with E-state index in [0.29, 0.717) is 22.4 Å². The third-order valence-corrected chi connectivity index (χ3v) is 2.60. The van der Waals surface area contributed by atoms with Crippen LogP contribution >= 0.6 is 0 Å². The van der Waals surface area contributed by atoms with Crippen LogP contribution in [0.25, 0.3) is 16.7 Å². The average molecular weight is 254 g/mol. The zero-order valence-electron chi connectivity index (χ0n) is 9.62. The molecule has 2 aromatic carbocycles. The van der Waals surface area contributed by atoms with Crippen LogP contribution in [-0.2, 0) is 4.79 Å². The van der Waals surface area contributed by atoms with E-state index in [1.54, 1.807) is 30.3 Å². The zero-order valence-corrected chi connectivity index (χ0v) is 9.62. The van der Waals surface area contributed by atoms with Gasteiger partial charge in [-0.1, -0.05) is 0 Å². The molecule has 1 heterocycles. The smallest absolute Gasteiger partial charge is 0.211 e. The van der Waals surface area contributed by atoms with Gasteiger partial charge in [-0.05, 0) is 42.5 Å². The fourth-order valence-corrected chi connectivity index (χ4v) is 1.72. The lowest BCUT2D eigenvalue weighted by Crippen LogP contribution is -1.97. The number of nitrogens with zero attached hydrogens (tertiary/aromatic N) is 4. The Morgan fingerprint density at radius 3 is 2.53 bits per heavy atom. The summed E-state index contributed by atoms with van der Waals surface area (Å²) < 4.78 is 12.8. The fourth-order valence-electron chi connectivity index (χ4n) is 1.72. The van der Waals surface area contributed by atoms with E-state index in [9.17, 15) is 9.18 Å². The molecule has 0 bridgehead atoms. The molecule has 3 aromatic rings. The van der Waals surface area contributed by atoms with E-state index in [-0.39, 0.29) is 5.82 Å². The quantitative estimate of drug-likeness (QED) is 0.521. The van der Waals surface area contributed by atoms with Gasteiger partial charge in [0, 0.05) is 0 Å². The number of aromatic nitrogens is 3. The number of hydrogen-bond acceptors (Lipinski definition) is 4. The van der Waals surface area contributed by atoms with Crippen molar-refractivity contribution in [2.24, 2.45) is 4.99 Å². The number of halogens is 1. The third kappa shape index (κ3) is 2.12. The highest BCUT2D eigenvalue weighted by Crippen LogP contribution is 2.19. The van der Waals surface area contributed by atoms with E-state index in [2.05, 4.69) is 15.2 Å². The minimum atomic E-state index is -0.317. The monoisotopic (exact) mass is 254 g/mol. The van der Waals surface area contributed by atoms with Gasteiger partial charge in [-0.2, -0.15) is 9.79 Å². The molecule has 0 N–H and O–H groups in total. The summed E-state index contributed by atoms with van der Waals surface area (Å²) in [6.07, 6.45) is 1.47. The summed E-state index contributed by atoms with van der Waals surface area (Å²) in [6, 6.07) is 10.8. The normalized spacial score (nSPS) is 10.4. The first-order chi connectivity index (χ1) is 9.26. The van der Waals surface area contributed by atoms with Crippen molar-refractivity contribution in [3.05, 3.63) is 48.3 Å². The molecule has 1 aromatic heterocycles. The standard InChI is InChI=1S/C13H7FN4O/c14-9-1-4-11(5-2-9)18-16-12-6-3-10(15-8-19)7-13(12)17-18/h1-7H. The lowest BCUT2D eigenvalue weighted by Gasteiger charge is -1.97. The van der Waals surface area contributed by atoms with Gasteiger partial charge < -0.3 is 0 Å². The molecule has 0 fully saturated rings. The van der Waals surface area contributed by atoms with Gasteiger partial charge in [0.2, 0.25) is 6.08 Å². The maximum absolute atomic E-state index is 12.8. The number of carbonyl (C=O) groups excluding carboxylic acids is 1. The molecule has 0 radical (unpaired) electrons. The molecular weight excluding hydrogens is 247 g/mol. The highest BCUT2D eigenvalue weighted by atomic mass is 19.1. The minimum Gasteiger partial charge on any atom is -0.211 e. The second-order valence-corrected chi connectivity index (χ2v) is 3.84. The van der Waals surface area contributed by atoms with E-state index in [1.807, 2.05) is 0 Å². The van der Waals surface area contributed by atoms with E-state index < -0.39 is 0 Å². The summed E-state index contributed by atoms with van der Waals surface area (Å²) in [4.78, 5) is 15.1. The van der Waals surface area contributed by atoms with Gasteiger partial charge in [-0.25, -0.2) is 9.18 Å². The largest absolute Gasteiger partial charge is 0.240 e. The highest BCUT2D eigenvalue weighted by molar-refractivity contribution is 5.78. The number of rotatable bonds is 2. The first-order valence-corrected chi connectivity index (χ1v) is 5.47. The maximum atomic E-state index is 12.8.